The molecule has 0 bridgehead atoms. The van der Waals surface area contributed by atoms with Gasteiger partial charge in [0.05, 0.1) is 11.4 Å². The molecule has 132 valence electrons. The molecule has 2 aromatic carbocycles. The van der Waals surface area contributed by atoms with Crippen LogP contribution in [0.4, 0.5) is 8.78 Å². The maximum absolute atomic E-state index is 13.3. The Hall–Kier alpha value is -2.75. The van der Waals surface area contributed by atoms with Gasteiger partial charge in [-0.05, 0) is 80.3 Å². The lowest BCUT2D eigenvalue weighted by atomic mass is 9.95. The quantitative estimate of drug-likeness (QED) is 0.584. The van der Waals surface area contributed by atoms with Crippen LogP contribution in [0.2, 0.25) is 0 Å². The smallest absolute Gasteiger partial charge is 0.131 e. The number of nitrogens with zero attached hydrogens (tertiary/aromatic N) is 1. The number of H-pyrrole nitrogens is 1. The van der Waals surface area contributed by atoms with E-state index in [0.717, 1.165) is 41.2 Å². The molecular formula is C22H20F2N2. The van der Waals surface area contributed by atoms with Gasteiger partial charge in [-0.2, -0.15) is 0 Å². The van der Waals surface area contributed by atoms with Crippen LogP contribution in [0.1, 0.15) is 37.9 Å². The van der Waals surface area contributed by atoms with Gasteiger partial charge in [-0.25, -0.2) is 13.8 Å². The van der Waals surface area contributed by atoms with Gasteiger partial charge in [0.1, 0.15) is 17.5 Å². The van der Waals surface area contributed by atoms with Gasteiger partial charge in [-0.1, -0.05) is 12.0 Å². The van der Waals surface area contributed by atoms with E-state index in [4.69, 9.17) is 4.98 Å². The summed E-state index contributed by atoms with van der Waals surface area (Å²) in [6, 6.07) is 12.6. The van der Waals surface area contributed by atoms with Crippen LogP contribution in [-0.2, 0) is 0 Å². The molecule has 1 heterocycles. The molecule has 1 aromatic heterocycles. The highest BCUT2D eigenvalue weighted by Crippen LogP contribution is 2.32. The van der Waals surface area contributed by atoms with Crippen molar-refractivity contribution in [2.45, 2.75) is 32.1 Å². The minimum Gasteiger partial charge on any atom is -0.338 e. The van der Waals surface area contributed by atoms with E-state index in [1.54, 1.807) is 24.3 Å². The summed E-state index contributed by atoms with van der Waals surface area (Å²) >= 11 is 0. The molecule has 0 spiro atoms. The first kappa shape index (κ1) is 16.7. The highest BCUT2D eigenvalue weighted by Gasteiger charge is 2.15. The maximum atomic E-state index is 13.3. The average Bonchev–Trinajstić information content (AvgIpc) is 3.07. The molecule has 4 heteroatoms. The topological polar surface area (TPSA) is 28.7 Å². The van der Waals surface area contributed by atoms with E-state index >= 15 is 0 Å². The van der Waals surface area contributed by atoms with Gasteiger partial charge < -0.3 is 4.98 Å². The molecule has 3 aromatic rings. The average molecular weight is 350 g/mol. The molecule has 1 saturated carbocycles. The summed E-state index contributed by atoms with van der Waals surface area (Å²) in [5.41, 5.74) is 4.65. The highest BCUT2D eigenvalue weighted by molar-refractivity contribution is 5.79. The fourth-order valence-corrected chi connectivity index (χ4v) is 3.45. The second-order valence-corrected chi connectivity index (χ2v) is 6.72. The fraction of sp³-hybridized carbons (Fsp3) is 0.227. The number of aromatic nitrogens is 2. The summed E-state index contributed by atoms with van der Waals surface area (Å²) in [7, 11) is 0. The number of imidazole rings is 1. The Bertz CT molecular complexity index is 851. The molecule has 0 amide bonds. The van der Waals surface area contributed by atoms with Crippen molar-refractivity contribution in [1.82, 2.24) is 9.97 Å². The Morgan fingerprint density at radius 2 is 1.35 bits per heavy atom. The van der Waals surface area contributed by atoms with Crippen LogP contribution in [0.25, 0.3) is 28.6 Å². The van der Waals surface area contributed by atoms with Crippen molar-refractivity contribution in [3.05, 3.63) is 71.6 Å². The summed E-state index contributed by atoms with van der Waals surface area (Å²) in [5.74, 6) is 0.235. The Morgan fingerprint density at radius 1 is 0.769 bits per heavy atom. The lowest BCUT2D eigenvalue weighted by Gasteiger charge is -2.12. The number of aromatic amines is 1. The molecule has 1 fully saturated rings. The minimum atomic E-state index is -0.280. The number of hydrogen-bond donors (Lipinski definition) is 1. The molecule has 0 unspecified atom stereocenters. The number of rotatable bonds is 3. The Labute approximate surface area is 151 Å². The van der Waals surface area contributed by atoms with Crippen LogP contribution < -0.4 is 0 Å². The van der Waals surface area contributed by atoms with Crippen LogP contribution in [0, 0.1) is 11.6 Å². The van der Waals surface area contributed by atoms with Crippen LogP contribution in [0.5, 0.6) is 0 Å². The lowest BCUT2D eigenvalue weighted by Crippen LogP contribution is -1.93. The van der Waals surface area contributed by atoms with Crippen molar-refractivity contribution in [2.75, 3.05) is 0 Å². The van der Waals surface area contributed by atoms with E-state index < -0.39 is 0 Å². The maximum Gasteiger partial charge on any atom is 0.131 e. The number of allylic oxidation sites excluding steroid dienone is 1. The molecule has 1 aliphatic carbocycles. The third-order valence-corrected chi connectivity index (χ3v) is 4.81. The third kappa shape index (κ3) is 3.59. The zero-order chi connectivity index (χ0) is 17.9. The molecule has 4 rings (SSSR count). The fourth-order valence-electron chi connectivity index (χ4n) is 3.45. The van der Waals surface area contributed by atoms with Gasteiger partial charge in [-0.15, -0.1) is 0 Å². The SMILES string of the molecule is Fc1ccc(-c2nc(C=C3CCCCC3)[nH]c2-c2ccc(F)cc2)cc1. The van der Waals surface area contributed by atoms with Gasteiger partial charge in [0.15, 0.2) is 0 Å². The van der Waals surface area contributed by atoms with Crippen LogP contribution in [0.3, 0.4) is 0 Å². The normalized spacial score (nSPS) is 14.5. The van der Waals surface area contributed by atoms with Gasteiger partial charge >= 0.3 is 0 Å². The Balaban J connectivity index is 1.79. The Kier molecular flexibility index (Phi) is 4.65. The van der Waals surface area contributed by atoms with E-state index in [2.05, 4.69) is 11.1 Å². The second-order valence-electron chi connectivity index (χ2n) is 6.72. The van der Waals surface area contributed by atoms with Crippen molar-refractivity contribution in [3.63, 3.8) is 0 Å². The summed E-state index contributed by atoms with van der Waals surface area (Å²) in [5, 5.41) is 0. The summed E-state index contributed by atoms with van der Waals surface area (Å²) in [4.78, 5) is 8.13. The van der Waals surface area contributed by atoms with E-state index in [-0.39, 0.29) is 11.6 Å². The van der Waals surface area contributed by atoms with E-state index in [9.17, 15) is 8.78 Å². The first-order chi connectivity index (χ1) is 12.7. The van der Waals surface area contributed by atoms with Crippen LogP contribution in [0.15, 0.2) is 54.1 Å². The predicted octanol–water partition coefficient (Wildman–Crippen LogP) is 6.37. The Morgan fingerprint density at radius 3 is 1.96 bits per heavy atom. The molecule has 0 atom stereocenters. The molecular weight excluding hydrogens is 330 g/mol. The zero-order valence-electron chi connectivity index (χ0n) is 14.4. The van der Waals surface area contributed by atoms with Crippen LogP contribution in [-0.4, -0.2) is 9.97 Å². The third-order valence-electron chi connectivity index (χ3n) is 4.81. The van der Waals surface area contributed by atoms with Crippen molar-refractivity contribution in [3.8, 4) is 22.5 Å². The van der Waals surface area contributed by atoms with Crippen molar-refractivity contribution >= 4 is 6.08 Å². The molecule has 0 aliphatic heterocycles. The zero-order valence-corrected chi connectivity index (χ0v) is 14.4. The number of benzene rings is 2. The predicted molar refractivity (Wildman–Crippen MR) is 100 cm³/mol. The molecule has 1 aliphatic rings. The van der Waals surface area contributed by atoms with Crippen LogP contribution >= 0.6 is 0 Å². The first-order valence-corrected chi connectivity index (χ1v) is 9.00. The van der Waals surface area contributed by atoms with Gasteiger partial charge in [-0.3, -0.25) is 0 Å². The van der Waals surface area contributed by atoms with Crippen molar-refractivity contribution < 1.29 is 8.78 Å². The molecule has 26 heavy (non-hydrogen) atoms. The standard InChI is InChI=1S/C22H20F2N2/c23-18-10-6-16(7-11-18)21-22(17-8-12-19(24)13-9-17)26-20(25-21)14-15-4-2-1-3-5-15/h6-14H,1-5H2,(H,25,26). The summed E-state index contributed by atoms with van der Waals surface area (Å²) in [6.45, 7) is 0. The van der Waals surface area contributed by atoms with Gasteiger partial charge in [0.25, 0.3) is 0 Å². The van der Waals surface area contributed by atoms with Crippen molar-refractivity contribution in [1.29, 1.82) is 0 Å². The van der Waals surface area contributed by atoms with Gasteiger partial charge in [0.2, 0.25) is 0 Å². The second kappa shape index (κ2) is 7.24. The number of hydrogen-bond acceptors (Lipinski definition) is 1. The molecule has 0 saturated heterocycles. The monoisotopic (exact) mass is 350 g/mol. The lowest BCUT2D eigenvalue weighted by molar-refractivity contribution is 0.602. The van der Waals surface area contributed by atoms with Gasteiger partial charge in [0, 0.05) is 11.1 Å². The van der Waals surface area contributed by atoms with E-state index in [0.29, 0.717) is 0 Å². The number of nitrogens with one attached hydrogen (secondary N) is 1. The molecule has 1 N–H and O–H groups in total. The number of halogens is 2. The first-order valence-electron chi connectivity index (χ1n) is 9.00. The molecule has 0 radical (unpaired) electrons. The van der Waals surface area contributed by atoms with Crippen molar-refractivity contribution in [2.24, 2.45) is 0 Å². The highest BCUT2D eigenvalue weighted by atomic mass is 19.1. The summed E-state index contributed by atoms with van der Waals surface area (Å²) < 4.78 is 26.6. The van der Waals surface area contributed by atoms with E-state index in [1.165, 1.54) is 49.1 Å². The van der Waals surface area contributed by atoms with E-state index in [1.807, 2.05) is 0 Å². The summed E-state index contributed by atoms with van der Waals surface area (Å²) in [6.07, 6.45) is 8.08. The largest absolute Gasteiger partial charge is 0.338 e. The molecule has 2 nitrogen and oxygen atoms in total. The minimum absolute atomic E-state index is 0.277.